The molecule has 0 bridgehead atoms. The minimum atomic E-state index is -0.246. The van der Waals surface area contributed by atoms with Crippen molar-refractivity contribution in [3.63, 3.8) is 0 Å². The van der Waals surface area contributed by atoms with Crippen molar-refractivity contribution in [3.8, 4) is 0 Å². The van der Waals surface area contributed by atoms with E-state index in [9.17, 15) is 9.59 Å². The molecule has 8 heteroatoms. The van der Waals surface area contributed by atoms with Gasteiger partial charge in [-0.1, -0.05) is 30.3 Å². The summed E-state index contributed by atoms with van der Waals surface area (Å²) in [4.78, 5) is 35.0. The lowest BCUT2D eigenvalue weighted by Gasteiger charge is -2.34. The molecule has 1 N–H and O–H groups in total. The molecular weight excluding hydrogens is 370 g/mol. The van der Waals surface area contributed by atoms with E-state index in [4.69, 9.17) is 4.42 Å². The van der Waals surface area contributed by atoms with E-state index in [1.165, 1.54) is 16.7 Å². The Kier molecular flexibility index (Phi) is 6.21. The Hall–Kier alpha value is -2.71. The highest BCUT2D eigenvalue weighted by Gasteiger charge is 2.24. The minimum Gasteiger partial charge on any atom is -0.447 e. The van der Waals surface area contributed by atoms with Crippen LogP contribution in [0.25, 0.3) is 0 Å². The highest BCUT2D eigenvalue weighted by atomic mass is 16.3. The summed E-state index contributed by atoms with van der Waals surface area (Å²) in [5.41, 5.74) is 1.61. The topological polar surface area (TPSA) is 81.9 Å². The summed E-state index contributed by atoms with van der Waals surface area (Å²) in [6, 6.07) is 10.5. The van der Waals surface area contributed by atoms with Crippen molar-refractivity contribution in [2.75, 3.05) is 45.8 Å². The van der Waals surface area contributed by atoms with Gasteiger partial charge in [-0.25, -0.2) is 4.98 Å². The number of oxazole rings is 1. The van der Waals surface area contributed by atoms with E-state index in [0.717, 1.165) is 39.1 Å². The van der Waals surface area contributed by atoms with Gasteiger partial charge in [0, 0.05) is 45.8 Å². The number of carbonyl (C=O) groups excluding carboxylic acids is 2. The van der Waals surface area contributed by atoms with Crippen LogP contribution >= 0.6 is 0 Å². The molecule has 0 saturated carbocycles. The van der Waals surface area contributed by atoms with Gasteiger partial charge >= 0.3 is 0 Å². The normalized spacial score (nSPS) is 19.0. The lowest BCUT2D eigenvalue weighted by atomic mass is 10.2. The number of piperazine rings is 1. The maximum atomic E-state index is 12.6. The highest BCUT2D eigenvalue weighted by Crippen LogP contribution is 2.13. The molecule has 2 fully saturated rings. The van der Waals surface area contributed by atoms with Crippen LogP contribution in [-0.2, 0) is 17.9 Å². The van der Waals surface area contributed by atoms with Crippen LogP contribution in [0.2, 0.25) is 0 Å². The van der Waals surface area contributed by atoms with Crippen molar-refractivity contribution < 1.29 is 14.0 Å². The van der Waals surface area contributed by atoms with Gasteiger partial charge in [-0.3, -0.25) is 19.4 Å². The summed E-state index contributed by atoms with van der Waals surface area (Å²) in [5.74, 6) is 0.168. The summed E-state index contributed by atoms with van der Waals surface area (Å²) in [6.45, 7) is 6.63. The first-order valence-electron chi connectivity index (χ1n) is 10.2. The molecule has 4 rings (SSSR count). The van der Waals surface area contributed by atoms with Gasteiger partial charge in [-0.05, 0) is 12.0 Å². The van der Waals surface area contributed by atoms with E-state index in [0.29, 0.717) is 25.5 Å². The Morgan fingerprint density at radius 2 is 1.76 bits per heavy atom. The SMILES string of the molecule is O=C1CN(C(=O)c2coc(CN3CCN(Cc4ccccc4)CC3)n2)CCCN1. The van der Waals surface area contributed by atoms with Crippen molar-refractivity contribution in [1.29, 1.82) is 0 Å². The van der Waals surface area contributed by atoms with Crippen LogP contribution in [0.3, 0.4) is 0 Å². The van der Waals surface area contributed by atoms with Gasteiger partial charge in [0.1, 0.15) is 6.26 Å². The Balaban J connectivity index is 1.27. The van der Waals surface area contributed by atoms with Gasteiger partial charge in [-0.2, -0.15) is 0 Å². The Morgan fingerprint density at radius 1 is 1.03 bits per heavy atom. The summed E-state index contributed by atoms with van der Waals surface area (Å²) in [5, 5.41) is 2.77. The van der Waals surface area contributed by atoms with Gasteiger partial charge in [-0.15, -0.1) is 0 Å². The molecule has 0 aliphatic carbocycles. The molecule has 0 radical (unpaired) electrons. The quantitative estimate of drug-likeness (QED) is 0.809. The fourth-order valence-electron chi connectivity index (χ4n) is 3.76. The van der Waals surface area contributed by atoms with Crippen molar-refractivity contribution in [2.24, 2.45) is 0 Å². The molecule has 154 valence electrons. The van der Waals surface area contributed by atoms with E-state index < -0.39 is 0 Å². The standard InChI is InChI=1S/C21H27N5O3/c27-19-14-26(8-4-7-22-19)21(28)18-16-29-20(23-18)15-25-11-9-24(10-12-25)13-17-5-2-1-3-6-17/h1-3,5-6,16H,4,7-15H2,(H,22,27). The molecule has 0 unspecified atom stereocenters. The highest BCUT2D eigenvalue weighted by molar-refractivity contribution is 5.94. The molecule has 2 aromatic rings. The van der Waals surface area contributed by atoms with Crippen LogP contribution in [0.1, 0.15) is 28.4 Å². The largest absolute Gasteiger partial charge is 0.447 e. The van der Waals surface area contributed by atoms with Crippen LogP contribution in [0.15, 0.2) is 41.0 Å². The second kappa shape index (κ2) is 9.19. The maximum absolute atomic E-state index is 12.6. The average Bonchev–Trinajstić information content (AvgIpc) is 3.09. The van der Waals surface area contributed by atoms with Gasteiger partial charge in [0.15, 0.2) is 5.69 Å². The number of aromatic nitrogens is 1. The maximum Gasteiger partial charge on any atom is 0.276 e. The molecule has 2 saturated heterocycles. The summed E-state index contributed by atoms with van der Waals surface area (Å²) < 4.78 is 5.55. The Labute approximate surface area is 170 Å². The summed E-state index contributed by atoms with van der Waals surface area (Å²) in [6.07, 6.45) is 2.15. The third-order valence-electron chi connectivity index (χ3n) is 5.39. The first-order valence-corrected chi connectivity index (χ1v) is 10.2. The molecule has 0 atom stereocenters. The lowest BCUT2D eigenvalue weighted by molar-refractivity contribution is -0.121. The monoisotopic (exact) mass is 397 g/mol. The fraction of sp³-hybridized carbons (Fsp3) is 0.476. The number of amides is 2. The molecule has 0 spiro atoms. The van der Waals surface area contributed by atoms with Gasteiger partial charge in [0.25, 0.3) is 5.91 Å². The van der Waals surface area contributed by atoms with E-state index in [2.05, 4.69) is 44.4 Å². The van der Waals surface area contributed by atoms with Crippen molar-refractivity contribution >= 4 is 11.8 Å². The molecule has 2 aliphatic rings. The van der Waals surface area contributed by atoms with Crippen LogP contribution in [-0.4, -0.2) is 77.3 Å². The number of nitrogens with one attached hydrogen (secondary N) is 1. The van der Waals surface area contributed by atoms with E-state index in [-0.39, 0.29) is 24.1 Å². The number of carbonyl (C=O) groups is 2. The Bertz CT molecular complexity index is 830. The predicted octanol–water partition coefficient (Wildman–Crippen LogP) is 0.954. The van der Waals surface area contributed by atoms with Crippen molar-refractivity contribution in [3.05, 3.63) is 53.7 Å². The van der Waals surface area contributed by atoms with Crippen LogP contribution in [0, 0.1) is 0 Å². The molecule has 3 heterocycles. The van der Waals surface area contributed by atoms with Crippen LogP contribution in [0.4, 0.5) is 0 Å². The average molecular weight is 397 g/mol. The van der Waals surface area contributed by atoms with Gasteiger partial charge < -0.3 is 14.6 Å². The number of hydrogen-bond donors (Lipinski definition) is 1. The van der Waals surface area contributed by atoms with Gasteiger partial charge in [0.05, 0.1) is 13.1 Å². The van der Waals surface area contributed by atoms with Crippen molar-refractivity contribution in [1.82, 2.24) is 25.0 Å². The lowest BCUT2D eigenvalue weighted by Crippen LogP contribution is -2.45. The van der Waals surface area contributed by atoms with Crippen LogP contribution in [0.5, 0.6) is 0 Å². The third-order valence-corrected chi connectivity index (χ3v) is 5.39. The first kappa shape index (κ1) is 19.6. The second-order valence-electron chi connectivity index (χ2n) is 7.59. The van der Waals surface area contributed by atoms with E-state index in [1.807, 2.05) is 6.07 Å². The number of nitrogens with zero attached hydrogens (tertiary/aromatic N) is 4. The molecule has 1 aromatic carbocycles. The van der Waals surface area contributed by atoms with E-state index in [1.54, 1.807) is 0 Å². The fourth-order valence-corrected chi connectivity index (χ4v) is 3.76. The third kappa shape index (κ3) is 5.21. The predicted molar refractivity (Wildman–Crippen MR) is 107 cm³/mol. The van der Waals surface area contributed by atoms with Gasteiger partial charge in [0.2, 0.25) is 11.8 Å². The number of benzene rings is 1. The zero-order chi connectivity index (χ0) is 20.1. The zero-order valence-electron chi connectivity index (χ0n) is 16.5. The zero-order valence-corrected chi connectivity index (χ0v) is 16.5. The molecule has 2 aliphatic heterocycles. The smallest absolute Gasteiger partial charge is 0.276 e. The summed E-state index contributed by atoms with van der Waals surface area (Å²) >= 11 is 0. The van der Waals surface area contributed by atoms with E-state index >= 15 is 0 Å². The minimum absolute atomic E-state index is 0.0738. The number of hydrogen-bond acceptors (Lipinski definition) is 6. The van der Waals surface area contributed by atoms with Crippen molar-refractivity contribution in [2.45, 2.75) is 19.5 Å². The molecular formula is C21H27N5O3. The molecule has 1 aromatic heterocycles. The number of rotatable bonds is 5. The Morgan fingerprint density at radius 3 is 2.52 bits per heavy atom. The van der Waals surface area contributed by atoms with Crippen LogP contribution < -0.4 is 5.32 Å². The summed E-state index contributed by atoms with van der Waals surface area (Å²) in [7, 11) is 0. The molecule has 8 nitrogen and oxygen atoms in total. The second-order valence-corrected chi connectivity index (χ2v) is 7.59. The molecule has 2 amide bonds. The molecule has 29 heavy (non-hydrogen) atoms. The first-order chi connectivity index (χ1) is 14.2.